The van der Waals surface area contributed by atoms with Crippen molar-refractivity contribution in [2.24, 2.45) is 0 Å². The van der Waals surface area contributed by atoms with Crippen molar-refractivity contribution in [1.82, 2.24) is 10.2 Å². The van der Waals surface area contributed by atoms with E-state index in [0.29, 0.717) is 29.2 Å². The molecule has 0 unspecified atom stereocenters. The Kier molecular flexibility index (Phi) is 3.61. The number of amides is 3. The summed E-state index contributed by atoms with van der Waals surface area (Å²) in [4.78, 5) is 40.5. The number of para-hydroxylation sites is 1. The molecule has 1 aromatic heterocycles. The lowest BCUT2D eigenvalue weighted by molar-refractivity contribution is -0.132. The van der Waals surface area contributed by atoms with E-state index in [-0.39, 0.29) is 12.3 Å². The van der Waals surface area contributed by atoms with E-state index in [9.17, 15) is 14.4 Å². The molecule has 4 rings (SSSR count). The summed E-state index contributed by atoms with van der Waals surface area (Å²) >= 11 is 1.36. The van der Waals surface area contributed by atoms with E-state index >= 15 is 0 Å². The number of hydrogen-bond donors (Lipinski definition) is 1. The van der Waals surface area contributed by atoms with Gasteiger partial charge in [-0.15, -0.1) is 11.3 Å². The number of imide groups is 1. The molecule has 1 atom stereocenters. The highest BCUT2D eigenvalue weighted by Gasteiger charge is 2.55. The van der Waals surface area contributed by atoms with Crippen molar-refractivity contribution in [2.75, 3.05) is 13.2 Å². The number of ketones is 1. The van der Waals surface area contributed by atoms with E-state index in [2.05, 4.69) is 5.32 Å². The minimum absolute atomic E-state index is 0.237. The quantitative estimate of drug-likeness (QED) is 0.677. The normalized spacial score (nSPS) is 21.9. The number of fused-ring (bicyclic) bond motifs is 2. The molecule has 25 heavy (non-hydrogen) atoms. The van der Waals surface area contributed by atoms with E-state index in [4.69, 9.17) is 4.74 Å². The lowest BCUT2D eigenvalue weighted by Gasteiger charge is -2.33. The van der Waals surface area contributed by atoms with Crippen LogP contribution in [0.4, 0.5) is 4.79 Å². The Labute approximate surface area is 148 Å². The fraction of sp³-hybridized carbons (Fsp3) is 0.278. The van der Waals surface area contributed by atoms with Crippen LogP contribution < -0.4 is 10.1 Å². The maximum Gasteiger partial charge on any atom is 0.325 e. The van der Waals surface area contributed by atoms with E-state index in [0.717, 1.165) is 9.78 Å². The van der Waals surface area contributed by atoms with Crippen LogP contribution in [-0.2, 0) is 10.3 Å². The van der Waals surface area contributed by atoms with Gasteiger partial charge in [0.1, 0.15) is 5.75 Å². The number of hydrogen-bond acceptors (Lipinski definition) is 5. The first-order chi connectivity index (χ1) is 12.0. The fourth-order valence-electron chi connectivity index (χ4n) is 3.32. The maximum absolute atomic E-state index is 13.1. The second-order valence-corrected chi connectivity index (χ2v) is 7.44. The Hall–Kier alpha value is -2.67. The summed E-state index contributed by atoms with van der Waals surface area (Å²) in [5.74, 6) is -0.0432. The van der Waals surface area contributed by atoms with Crippen LogP contribution in [-0.4, -0.2) is 35.8 Å². The summed E-state index contributed by atoms with van der Waals surface area (Å²) in [5, 5.41) is 2.80. The van der Waals surface area contributed by atoms with Crippen LogP contribution in [0.5, 0.6) is 5.75 Å². The number of nitrogens with zero attached hydrogens (tertiary/aromatic N) is 1. The molecule has 0 radical (unpaired) electrons. The van der Waals surface area contributed by atoms with Gasteiger partial charge >= 0.3 is 6.03 Å². The second kappa shape index (κ2) is 5.70. The predicted octanol–water partition coefficient (Wildman–Crippen LogP) is 2.47. The van der Waals surface area contributed by atoms with Gasteiger partial charge in [-0.1, -0.05) is 18.2 Å². The van der Waals surface area contributed by atoms with Gasteiger partial charge in [-0.05, 0) is 25.1 Å². The Bertz CT molecular complexity index is 891. The van der Waals surface area contributed by atoms with Crippen molar-refractivity contribution in [3.05, 3.63) is 51.7 Å². The molecule has 1 saturated heterocycles. The highest BCUT2D eigenvalue weighted by Crippen LogP contribution is 2.41. The number of carbonyl (C=O) groups excluding carboxylic acids is 3. The first kappa shape index (κ1) is 15.8. The second-order valence-electron chi connectivity index (χ2n) is 6.15. The molecule has 2 aliphatic heterocycles. The van der Waals surface area contributed by atoms with Gasteiger partial charge in [0.05, 0.1) is 18.0 Å². The van der Waals surface area contributed by atoms with E-state index in [1.165, 1.54) is 11.3 Å². The monoisotopic (exact) mass is 356 g/mol. The number of benzene rings is 1. The van der Waals surface area contributed by atoms with Gasteiger partial charge < -0.3 is 10.1 Å². The molecular formula is C18H16N2O4S. The standard InChI is InChI=1S/C18H16N2O4S/c1-11-6-7-15(25-11)13(21)10-20-16(22)18(19-17(20)23)8-9-24-14-5-3-2-4-12(14)18/h2-7H,8-10H2,1H3,(H,19,23)/t18-/m1/s1. The van der Waals surface area contributed by atoms with Gasteiger partial charge in [-0.25, -0.2) is 4.79 Å². The van der Waals surface area contributed by atoms with Gasteiger partial charge in [-0.2, -0.15) is 0 Å². The third-order valence-corrected chi connectivity index (χ3v) is 5.62. The van der Waals surface area contributed by atoms with Gasteiger partial charge in [0.2, 0.25) is 0 Å². The summed E-state index contributed by atoms with van der Waals surface area (Å²) in [6.45, 7) is 1.98. The Morgan fingerprint density at radius 1 is 1.28 bits per heavy atom. The number of carbonyl (C=O) groups is 3. The molecule has 2 aliphatic rings. The molecule has 7 heteroatoms. The Morgan fingerprint density at radius 2 is 2.08 bits per heavy atom. The molecular weight excluding hydrogens is 340 g/mol. The van der Waals surface area contributed by atoms with Gasteiger partial charge in [0.25, 0.3) is 5.91 Å². The van der Waals surface area contributed by atoms with Crippen LogP contribution in [0.3, 0.4) is 0 Å². The van der Waals surface area contributed by atoms with E-state index in [1.807, 2.05) is 19.1 Å². The van der Waals surface area contributed by atoms with Crippen molar-refractivity contribution in [3.63, 3.8) is 0 Å². The minimum atomic E-state index is -1.14. The van der Waals surface area contributed by atoms with Crippen LogP contribution in [0, 0.1) is 6.92 Å². The zero-order valence-corrected chi connectivity index (χ0v) is 14.4. The zero-order chi connectivity index (χ0) is 17.6. The highest BCUT2D eigenvalue weighted by atomic mass is 32.1. The first-order valence-electron chi connectivity index (χ1n) is 7.97. The number of rotatable bonds is 3. The average molecular weight is 356 g/mol. The number of ether oxygens (including phenoxy) is 1. The van der Waals surface area contributed by atoms with Crippen LogP contribution >= 0.6 is 11.3 Å². The molecule has 1 aromatic carbocycles. The van der Waals surface area contributed by atoms with Crippen molar-refractivity contribution >= 4 is 29.1 Å². The molecule has 3 amide bonds. The zero-order valence-electron chi connectivity index (χ0n) is 13.6. The first-order valence-corrected chi connectivity index (χ1v) is 8.79. The number of urea groups is 1. The lowest BCUT2D eigenvalue weighted by Crippen LogP contribution is -2.47. The fourth-order valence-corrected chi connectivity index (χ4v) is 4.12. The van der Waals surface area contributed by atoms with Crippen molar-refractivity contribution < 1.29 is 19.1 Å². The topological polar surface area (TPSA) is 75.7 Å². The van der Waals surface area contributed by atoms with Crippen LogP contribution in [0.25, 0.3) is 0 Å². The molecule has 0 aliphatic carbocycles. The number of nitrogens with one attached hydrogen (secondary N) is 1. The van der Waals surface area contributed by atoms with Crippen molar-refractivity contribution in [2.45, 2.75) is 18.9 Å². The largest absolute Gasteiger partial charge is 0.493 e. The van der Waals surface area contributed by atoms with Crippen LogP contribution in [0.1, 0.15) is 26.5 Å². The van der Waals surface area contributed by atoms with Gasteiger partial charge in [0, 0.05) is 16.9 Å². The predicted molar refractivity (Wildman–Crippen MR) is 91.9 cm³/mol. The van der Waals surface area contributed by atoms with Crippen LogP contribution in [0.15, 0.2) is 36.4 Å². The number of aryl methyl sites for hydroxylation is 1. The third-order valence-electron chi connectivity index (χ3n) is 4.57. The summed E-state index contributed by atoms with van der Waals surface area (Å²) in [7, 11) is 0. The van der Waals surface area contributed by atoms with E-state index < -0.39 is 17.5 Å². The summed E-state index contributed by atoms with van der Waals surface area (Å²) in [5.41, 5.74) is -0.501. The average Bonchev–Trinajstić information content (AvgIpc) is 3.13. The molecule has 128 valence electrons. The summed E-state index contributed by atoms with van der Waals surface area (Å²) < 4.78 is 5.59. The van der Waals surface area contributed by atoms with Crippen molar-refractivity contribution in [1.29, 1.82) is 0 Å². The van der Waals surface area contributed by atoms with Gasteiger partial charge in [-0.3, -0.25) is 14.5 Å². The molecule has 6 nitrogen and oxygen atoms in total. The Balaban J connectivity index is 1.64. The molecule has 1 fully saturated rings. The van der Waals surface area contributed by atoms with E-state index in [1.54, 1.807) is 24.3 Å². The highest BCUT2D eigenvalue weighted by molar-refractivity contribution is 7.14. The third kappa shape index (κ3) is 2.42. The Morgan fingerprint density at radius 3 is 2.84 bits per heavy atom. The smallest absolute Gasteiger partial charge is 0.325 e. The molecule has 1 N–H and O–H groups in total. The number of thiophene rings is 1. The molecule has 0 saturated carbocycles. The van der Waals surface area contributed by atoms with Crippen molar-refractivity contribution in [3.8, 4) is 5.75 Å². The minimum Gasteiger partial charge on any atom is -0.493 e. The molecule has 1 spiro atoms. The van der Waals surface area contributed by atoms with Gasteiger partial charge in [0.15, 0.2) is 11.3 Å². The SMILES string of the molecule is Cc1ccc(C(=O)CN2C(=O)N[C@@]3(CCOc4ccccc43)C2=O)s1. The summed E-state index contributed by atoms with van der Waals surface area (Å²) in [6.07, 6.45) is 0.345. The maximum atomic E-state index is 13.1. The molecule has 3 heterocycles. The summed E-state index contributed by atoms with van der Waals surface area (Å²) in [6, 6.07) is 10.2. The number of Topliss-reactive ketones (excluding diaryl/α,β-unsaturated/α-hetero) is 1. The molecule has 2 aromatic rings. The lowest BCUT2D eigenvalue weighted by atomic mass is 9.84. The molecule has 0 bridgehead atoms. The van der Waals surface area contributed by atoms with Crippen LogP contribution in [0.2, 0.25) is 0 Å².